The monoisotopic (exact) mass is 577 g/mol. The normalized spacial score (nSPS) is 14.1. The molecule has 1 fully saturated rings. The Morgan fingerprint density at radius 2 is 1.75 bits per heavy atom. The highest BCUT2D eigenvalue weighted by molar-refractivity contribution is 7.92. The van der Waals surface area contributed by atoms with Crippen LogP contribution in [0.4, 0.5) is 23.0 Å². The van der Waals surface area contributed by atoms with E-state index in [1.54, 1.807) is 30.5 Å². The number of nitrogens with zero attached hydrogens (tertiary/aromatic N) is 4. The molecule has 1 aliphatic rings. The molecule has 0 bridgehead atoms. The molecule has 40 heavy (non-hydrogen) atoms. The van der Waals surface area contributed by atoms with Gasteiger partial charge >= 0.3 is 0 Å². The number of benzene rings is 2. The summed E-state index contributed by atoms with van der Waals surface area (Å²) >= 11 is 1.34. The average molecular weight is 578 g/mol. The maximum atomic E-state index is 12.8. The van der Waals surface area contributed by atoms with Crippen LogP contribution in [0.25, 0.3) is 10.6 Å². The van der Waals surface area contributed by atoms with Crippen LogP contribution in [0.3, 0.4) is 0 Å². The third-order valence-electron chi connectivity index (χ3n) is 6.39. The number of thiophene rings is 1. The first-order valence-electron chi connectivity index (χ1n) is 12.8. The summed E-state index contributed by atoms with van der Waals surface area (Å²) in [4.78, 5) is 28.0. The summed E-state index contributed by atoms with van der Waals surface area (Å²) in [7, 11) is -1.23. The maximum absolute atomic E-state index is 12.8. The van der Waals surface area contributed by atoms with E-state index in [2.05, 4.69) is 54.3 Å². The van der Waals surface area contributed by atoms with Gasteiger partial charge in [-0.3, -0.25) is 9.52 Å². The van der Waals surface area contributed by atoms with Crippen molar-refractivity contribution in [3.63, 3.8) is 0 Å². The highest BCUT2D eigenvalue weighted by Crippen LogP contribution is 2.28. The van der Waals surface area contributed by atoms with Crippen molar-refractivity contribution < 1.29 is 13.2 Å². The summed E-state index contributed by atoms with van der Waals surface area (Å²) in [6, 6.07) is 20.6. The van der Waals surface area contributed by atoms with Crippen LogP contribution in [-0.2, 0) is 16.6 Å². The summed E-state index contributed by atoms with van der Waals surface area (Å²) in [5, 5.41) is 6.20. The Kier molecular flexibility index (Phi) is 8.29. The summed E-state index contributed by atoms with van der Waals surface area (Å²) in [6.45, 7) is 4.33. The zero-order valence-corrected chi connectivity index (χ0v) is 23.9. The van der Waals surface area contributed by atoms with Gasteiger partial charge in [0.25, 0.3) is 5.91 Å². The molecule has 1 amide bonds. The third-order valence-corrected chi connectivity index (χ3v) is 8.10. The van der Waals surface area contributed by atoms with E-state index in [9.17, 15) is 13.2 Å². The molecule has 1 saturated heterocycles. The topological polar surface area (TPSA) is 120 Å². The highest BCUT2D eigenvalue weighted by Gasteiger charge is 2.15. The first-order valence-corrected chi connectivity index (χ1v) is 15.5. The molecule has 2 aromatic heterocycles. The second-order valence-electron chi connectivity index (χ2n) is 9.65. The average Bonchev–Trinajstić information content (AvgIpc) is 3.43. The molecule has 1 aliphatic heterocycles. The van der Waals surface area contributed by atoms with Crippen LogP contribution < -0.4 is 20.3 Å². The molecule has 0 atom stereocenters. The van der Waals surface area contributed by atoms with Gasteiger partial charge in [0, 0.05) is 56.0 Å². The SMILES string of the molecule is CN1CCN(c2cccc(Nc3nccc(-c4ccc(C(=O)NCc5cccc(NS(C)(=O)=O)c5)s4)n3)c2)CC1. The van der Waals surface area contributed by atoms with Crippen molar-refractivity contribution in [2.24, 2.45) is 0 Å². The Labute approximate surface area is 238 Å². The highest BCUT2D eigenvalue weighted by atomic mass is 32.2. The third kappa shape index (κ3) is 7.34. The second kappa shape index (κ2) is 12.0. The lowest BCUT2D eigenvalue weighted by Crippen LogP contribution is -2.44. The summed E-state index contributed by atoms with van der Waals surface area (Å²) in [5.41, 5.74) is 4.03. The Morgan fingerprint density at radius 1 is 0.975 bits per heavy atom. The van der Waals surface area contributed by atoms with E-state index in [0.717, 1.165) is 54.3 Å². The Balaban J connectivity index is 1.22. The van der Waals surface area contributed by atoms with Gasteiger partial charge < -0.3 is 20.4 Å². The first kappa shape index (κ1) is 27.6. The van der Waals surface area contributed by atoms with Crippen LogP contribution in [0, 0.1) is 0 Å². The van der Waals surface area contributed by atoms with E-state index in [1.807, 2.05) is 30.3 Å². The number of hydrogen-bond acceptors (Lipinski definition) is 9. The summed E-state index contributed by atoms with van der Waals surface area (Å²) in [6.07, 6.45) is 2.80. The minimum atomic E-state index is -3.38. The fourth-order valence-corrected chi connectivity index (χ4v) is 5.80. The minimum absolute atomic E-state index is 0.217. The van der Waals surface area contributed by atoms with Crippen LogP contribution in [0.2, 0.25) is 0 Å². The van der Waals surface area contributed by atoms with Gasteiger partial charge in [-0.05, 0) is 61.1 Å². The fourth-order valence-electron chi connectivity index (χ4n) is 4.36. The molecule has 12 heteroatoms. The van der Waals surface area contributed by atoms with E-state index in [0.29, 0.717) is 16.5 Å². The molecule has 3 heterocycles. The van der Waals surface area contributed by atoms with Crippen LogP contribution in [0.1, 0.15) is 15.2 Å². The zero-order valence-electron chi connectivity index (χ0n) is 22.3. The molecular weight excluding hydrogens is 546 g/mol. The predicted molar refractivity (Wildman–Crippen MR) is 161 cm³/mol. The predicted octanol–water partition coefficient (Wildman–Crippen LogP) is 4.00. The van der Waals surface area contributed by atoms with Gasteiger partial charge in [-0.1, -0.05) is 18.2 Å². The van der Waals surface area contributed by atoms with E-state index in [1.165, 1.54) is 17.0 Å². The van der Waals surface area contributed by atoms with Crippen LogP contribution in [-0.4, -0.2) is 68.7 Å². The number of anilines is 4. The number of amides is 1. The molecule has 3 N–H and O–H groups in total. The van der Waals surface area contributed by atoms with Crippen LogP contribution in [0.15, 0.2) is 72.9 Å². The number of sulfonamides is 1. The largest absolute Gasteiger partial charge is 0.369 e. The zero-order chi connectivity index (χ0) is 28.1. The van der Waals surface area contributed by atoms with Crippen molar-refractivity contribution >= 4 is 50.3 Å². The number of carbonyl (C=O) groups excluding carboxylic acids is 1. The Bertz CT molecular complexity index is 1600. The van der Waals surface area contributed by atoms with Gasteiger partial charge in [0.2, 0.25) is 16.0 Å². The molecule has 0 unspecified atom stereocenters. The van der Waals surface area contributed by atoms with Crippen molar-refractivity contribution in [1.29, 1.82) is 0 Å². The number of hydrogen-bond donors (Lipinski definition) is 3. The van der Waals surface area contributed by atoms with Crippen molar-refractivity contribution in [3.8, 4) is 10.6 Å². The summed E-state index contributed by atoms with van der Waals surface area (Å²) in [5.74, 6) is 0.265. The van der Waals surface area contributed by atoms with Crippen LogP contribution >= 0.6 is 11.3 Å². The van der Waals surface area contributed by atoms with Gasteiger partial charge in [-0.15, -0.1) is 11.3 Å². The number of nitrogens with one attached hydrogen (secondary N) is 3. The van der Waals surface area contributed by atoms with E-state index < -0.39 is 10.0 Å². The molecule has 4 aromatic rings. The molecular formula is C28H31N7O3S2. The number of piperazine rings is 1. The van der Waals surface area contributed by atoms with Crippen LogP contribution in [0.5, 0.6) is 0 Å². The van der Waals surface area contributed by atoms with Gasteiger partial charge in [-0.2, -0.15) is 0 Å². The standard InChI is InChI=1S/C28H31N7O3S2/c1-34-13-15-35(16-14-34)23-8-4-6-21(18-23)31-28-29-12-11-24(32-28)25-9-10-26(39-25)27(36)30-19-20-5-3-7-22(17-20)33-40(2,37)38/h3-12,17-18,33H,13-16,19H2,1-2H3,(H,30,36)(H,29,31,32). The quantitative estimate of drug-likeness (QED) is 0.273. The molecule has 0 radical (unpaired) electrons. The number of rotatable bonds is 9. The van der Waals surface area contributed by atoms with E-state index in [4.69, 9.17) is 0 Å². The summed E-state index contributed by atoms with van der Waals surface area (Å²) < 4.78 is 25.4. The smallest absolute Gasteiger partial charge is 0.261 e. The van der Waals surface area contributed by atoms with Crippen molar-refractivity contribution in [2.45, 2.75) is 6.54 Å². The molecule has 2 aromatic carbocycles. The minimum Gasteiger partial charge on any atom is -0.369 e. The molecule has 0 spiro atoms. The number of likely N-dealkylation sites (N-methyl/N-ethyl adjacent to an activating group) is 1. The Morgan fingerprint density at radius 3 is 2.55 bits per heavy atom. The van der Waals surface area contributed by atoms with Gasteiger partial charge in [-0.25, -0.2) is 18.4 Å². The Hall–Kier alpha value is -4.00. The van der Waals surface area contributed by atoms with Gasteiger partial charge in [0.15, 0.2) is 0 Å². The first-order chi connectivity index (χ1) is 19.2. The second-order valence-corrected chi connectivity index (χ2v) is 12.5. The maximum Gasteiger partial charge on any atom is 0.261 e. The van der Waals surface area contributed by atoms with E-state index in [-0.39, 0.29) is 12.5 Å². The number of aromatic nitrogens is 2. The van der Waals surface area contributed by atoms with Gasteiger partial charge in [0.1, 0.15) is 0 Å². The lowest BCUT2D eigenvalue weighted by molar-refractivity contribution is 0.0955. The molecule has 5 rings (SSSR count). The lowest BCUT2D eigenvalue weighted by Gasteiger charge is -2.34. The van der Waals surface area contributed by atoms with E-state index >= 15 is 0 Å². The van der Waals surface area contributed by atoms with Crippen molar-refractivity contribution in [2.75, 3.05) is 54.4 Å². The van der Waals surface area contributed by atoms with Crippen molar-refractivity contribution in [1.82, 2.24) is 20.2 Å². The van der Waals surface area contributed by atoms with Crippen molar-refractivity contribution in [3.05, 3.63) is 83.4 Å². The van der Waals surface area contributed by atoms with Gasteiger partial charge in [0.05, 0.1) is 21.7 Å². The molecule has 0 saturated carbocycles. The molecule has 0 aliphatic carbocycles. The number of carbonyl (C=O) groups is 1. The lowest BCUT2D eigenvalue weighted by atomic mass is 10.2. The fraction of sp³-hybridized carbons (Fsp3) is 0.250. The molecule has 208 valence electrons. The molecule has 10 nitrogen and oxygen atoms in total.